The first-order valence-electron chi connectivity index (χ1n) is 7.18. The second kappa shape index (κ2) is 3.50. The number of nitrogens with one attached hydrogen (secondary N) is 1. The Morgan fingerprint density at radius 1 is 1.20 bits per heavy atom. The molecule has 20 heavy (non-hydrogen) atoms. The van der Waals surface area contributed by atoms with Crippen LogP contribution in [-0.4, -0.2) is 23.3 Å². The minimum absolute atomic E-state index is 0.311. The minimum atomic E-state index is -0.869. The zero-order valence-electron chi connectivity index (χ0n) is 11.2. The fraction of sp³-hybridized carbons (Fsp3) is 0.786. The van der Waals surface area contributed by atoms with Gasteiger partial charge < -0.3 is 4.74 Å². The monoisotopic (exact) mass is 289 g/mol. The van der Waals surface area contributed by atoms with E-state index >= 15 is 0 Å². The van der Waals surface area contributed by atoms with Crippen LogP contribution in [0.2, 0.25) is 0 Å². The minimum Gasteiger partial charge on any atom is -0.327 e. The zero-order valence-corrected chi connectivity index (χ0v) is 12.1. The Morgan fingerprint density at radius 2 is 1.95 bits per heavy atom. The predicted molar refractivity (Wildman–Crippen MR) is 72.9 cm³/mol. The molecule has 0 bridgehead atoms. The van der Waals surface area contributed by atoms with E-state index in [1.54, 1.807) is 11.8 Å². The van der Waals surface area contributed by atoms with Gasteiger partial charge in [-0.2, -0.15) is 10.5 Å². The van der Waals surface area contributed by atoms with Crippen LogP contribution in [0.3, 0.4) is 0 Å². The molecular formula is C14H17N4OS+. The molecule has 4 rings (SSSR count). The highest BCUT2D eigenvalue weighted by atomic mass is 32.2. The first kappa shape index (κ1) is 12.5. The maximum absolute atomic E-state index is 10.0. The number of rotatable bonds is 0. The number of ether oxygens (including phenoxy) is 1. The smallest absolute Gasteiger partial charge is 0.277 e. The Balaban J connectivity index is 1.95. The Morgan fingerprint density at radius 3 is 2.50 bits per heavy atom. The van der Waals surface area contributed by atoms with E-state index in [9.17, 15) is 10.5 Å². The van der Waals surface area contributed by atoms with Crippen molar-refractivity contribution in [3.05, 3.63) is 0 Å². The van der Waals surface area contributed by atoms with Gasteiger partial charge in [-0.05, 0) is 12.8 Å². The molecule has 104 valence electrons. The third-order valence-electron chi connectivity index (χ3n) is 5.87. The van der Waals surface area contributed by atoms with Gasteiger partial charge in [0.05, 0.1) is 18.7 Å². The molecule has 0 amide bonds. The lowest BCUT2D eigenvalue weighted by Crippen LogP contribution is -2.88. The summed E-state index contributed by atoms with van der Waals surface area (Å²) in [7, 11) is 0. The van der Waals surface area contributed by atoms with Crippen LogP contribution in [0.4, 0.5) is 0 Å². The van der Waals surface area contributed by atoms with Crippen molar-refractivity contribution >= 4 is 17.6 Å². The summed E-state index contributed by atoms with van der Waals surface area (Å²) >= 11 is 1.60. The Hall–Kier alpha value is -1.24. The largest absolute Gasteiger partial charge is 0.327 e. The van der Waals surface area contributed by atoms with E-state index in [4.69, 9.17) is 10.5 Å². The quantitative estimate of drug-likeness (QED) is 0.646. The van der Waals surface area contributed by atoms with Gasteiger partial charge in [0, 0.05) is 11.2 Å². The Bertz CT molecular complexity index is 591. The molecule has 4 aliphatic rings. The maximum atomic E-state index is 10.0. The highest BCUT2D eigenvalue weighted by Gasteiger charge is 3.02. The number of thioether (sulfide) groups is 1. The van der Waals surface area contributed by atoms with Crippen molar-refractivity contribution in [1.82, 2.24) is 0 Å². The van der Waals surface area contributed by atoms with Crippen LogP contribution in [0, 0.1) is 38.9 Å². The van der Waals surface area contributed by atoms with Gasteiger partial charge in [-0.25, -0.2) is 4.99 Å². The van der Waals surface area contributed by atoms with E-state index in [1.165, 1.54) is 6.42 Å². The summed E-state index contributed by atoms with van der Waals surface area (Å²) in [6.45, 7) is 0.603. The Kier molecular flexibility index (Phi) is 2.19. The number of hydrogen-bond acceptors (Lipinski definition) is 5. The third-order valence-corrected chi connectivity index (χ3v) is 7.17. The molecule has 3 atom stereocenters. The van der Waals surface area contributed by atoms with E-state index in [0.717, 1.165) is 31.4 Å². The number of nitrogens with zero attached hydrogens (tertiary/aromatic N) is 2. The molecule has 2 aliphatic carbocycles. The molecule has 1 saturated heterocycles. The molecule has 2 saturated carbocycles. The van der Waals surface area contributed by atoms with Crippen LogP contribution in [0.1, 0.15) is 32.1 Å². The molecule has 0 aromatic carbocycles. The first-order chi connectivity index (χ1) is 9.66. The maximum Gasteiger partial charge on any atom is 0.277 e. The fourth-order valence-corrected chi connectivity index (χ4v) is 6.61. The first-order valence-corrected chi connectivity index (χ1v) is 8.16. The van der Waals surface area contributed by atoms with Gasteiger partial charge in [-0.1, -0.05) is 31.0 Å². The van der Waals surface area contributed by atoms with Gasteiger partial charge in [-0.3, -0.25) is 5.73 Å². The van der Waals surface area contributed by atoms with Gasteiger partial charge in [-0.15, -0.1) is 0 Å². The van der Waals surface area contributed by atoms with Crippen molar-refractivity contribution in [3.8, 4) is 12.1 Å². The van der Waals surface area contributed by atoms with Crippen LogP contribution in [0.15, 0.2) is 0 Å². The van der Waals surface area contributed by atoms with E-state index in [2.05, 4.69) is 17.1 Å². The van der Waals surface area contributed by atoms with Crippen LogP contribution in [0.5, 0.6) is 0 Å². The molecule has 2 heterocycles. The summed E-state index contributed by atoms with van der Waals surface area (Å²) in [6, 6.07) is 4.93. The molecule has 0 radical (unpaired) electrons. The second-order valence-corrected chi connectivity index (χ2v) is 7.49. The Labute approximate surface area is 122 Å². The average Bonchev–Trinajstić information content (AvgIpc) is 2.77. The van der Waals surface area contributed by atoms with Crippen molar-refractivity contribution in [2.24, 2.45) is 22.0 Å². The highest BCUT2D eigenvalue weighted by Crippen LogP contribution is 2.87. The van der Waals surface area contributed by atoms with E-state index < -0.39 is 15.9 Å². The summed E-state index contributed by atoms with van der Waals surface area (Å²) in [5, 5.41) is 19.1. The second-order valence-electron chi connectivity index (χ2n) is 6.22. The van der Waals surface area contributed by atoms with Crippen molar-refractivity contribution in [1.29, 1.82) is 10.5 Å². The van der Waals surface area contributed by atoms with Gasteiger partial charge in [0.1, 0.15) is 0 Å². The van der Waals surface area contributed by atoms with Crippen molar-refractivity contribution in [2.75, 3.05) is 12.4 Å². The van der Waals surface area contributed by atoms with Crippen molar-refractivity contribution in [3.63, 3.8) is 0 Å². The molecule has 2 spiro atoms. The lowest BCUT2D eigenvalue weighted by Gasteiger charge is -2.31. The van der Waals surface area contributed by atoms with Crippen LogP contribution >= 0.6 is 11.8 Å². The lowest BCUT2D eigenvalue weighted by atomic mass is 9.77. The molecular weight excluding hydrogens is 272 g/mol. The summed E-state index contributed by atoms with van der Waals surface area (Å²) in [6.07, 6.45) is 5.13. The van der Waals surface area contributed by atoms with Crippen LogP contribution in [-0.2, 0) is 4.74 Å². The lowest BCUT2D eigenvalue weighted by molar-refractivity contribution is -0.585. The molecule has 6 heteroatoms. The summed E-state index contributed by atoms with van der Waals surface area (Å²) < 4.78 is 5.95. The highest BCUT2D eigenvalue weighted by molar-refractivity contribution is 8.00. The molecule has 0 unspecified atom stereocenters. The molecule has 2 aliphatic heterocycles. The zero-order chi connectivity index (χ0) is 14.1. The van der Waals surface area contributed by atoms with E-state index in [-0.39, 0.29) is 5.41 Å². The standard InChI is InChI=1S/C14H16N4OS/c15-8-12-10(17)18-14(19-6-7-20-14)13(12,9-16)11(12)4-2-1-3-5-11/h1-7H2,(H2,17,18)/p+1/t12-,13+,14+/m0/s1. The molecule has 0 aromatic rings. The summed E-state index contributed by atoms with van der Waals surface area (Å²) in [4.78, 5) is 3.17. The summed E-state index contributed by atoms with van der Waals surface area (Å²) in [5.41, 5.74) is 4.22. The molecule has 5 nitrogen and oxygen atoms in total. The third kappa shape index (κ3) is 0.880. The molecule has 3 N–H and O–H groups in total. The number of fused-ring (bicyclic) bond motifs is 4. The van der Waals surface area contributed by atoms with Crippen molar-refractivity contribution in [2.45, 2.75) is 37.2 Å². The van der Waals surface area contributed by atoms with Gasteiger partial charge in [0.15, 0.2) is 10.8 Å². The molecule has 0 aromatic heterocycles. The number of hydrogen-bond donors (Lipinski definition) is 2. The topological polar surface area (TPSA) is 96.8 Å². The van der Waals surface area contributed by atoms with E-state index in [0.29, 0.717) is 12.4 Å². The van der Waals surface area contributed by atoms with Crippen molar-refractivity contribution < 1.29 is 9.73 Å². The van der Waals surface area contributed by atoms with Crippen LogP contribution < -0.4 is 10.7 Å². The van der Waals surface area contributed by atoms with Gasteiger partial charge in [0.2, 0.25) is 0 Å². The fourth-order valence-electron chi connectivity index (χ4n) is 5.20. The number of nitriles is 2. The summed E-state index contributed by atoms with van der Waals surface area (Å²) in [5.74, 6) is 1.29. The number of nitrogens with two attached hydrogens (primary N) is 1. The SMILES string of the molecule is N#C[C@@]12C3(CCCCC3)[C@]1(C#N)C(N)=[NH+][C@@]21OCCS1. The van der Waals surface area contributed by atoms with Gasteiger partial charge in [0.25, 0.3) is 10.9 Å². The number of amidine groups is 1. The van der Waals surface area contributed by atoms with Crippen LogP contribution in [0.25, 0.3) is 0 Å². The molecule has 3 fully saturated rings. The van der Waals surface area contributed by atoms with Gasteiger partial charge >= 0.3 is 0 Å². The van der Waals surface area contributed by atoms with E-state index in [1.807, 2.05) is 0 Å². The normalized spacial score (nSPS) is 47.6. The predicted octanol–water partition coefficient (Wildman–Crippen LogP) is -0.161. The average molecular weight is 289 g/mol.